The van der Waals surface area contributed by atoms with Crippen molar-refractivity contribution in [3.63, 3.8) is 0 Å². The Balaban J connectivity index is 1.51. The Hall–Kier alpha value is -1.31. The van der Waals surface area contributed by atoms with Crippen LogP contribution in [-0.2, 0) is 4.74 Å². The van der Waals surface area contributed by atoms with Gasteiger partial charge in [0.2, 0.25) is 5.56 Å². The molecule has 1 unspecified atom stereocenters. The molecule has 120 valence electrons. The first-order valence-electron chi connectivity index (χ1n) is 7.46. The molecule has 2 aliphatic rings. The van der Waals surface area contributed by atoms with Crippen molar-refractivity contribution >= 4 is 17.7 Å². The zero-order chi connectivity index (χ0) is 15.6. The van der Waals surface area contributed by atoms with Gasteiger partial charge in [-0.15, -0.1) is 11.8 Å². The zero-order valence-electron chi connectivity index (χ0n) is 12.6. The number of amides is 1. The highest BCUT2D eigenvalue weighted by atomic mass is 32.2. The van der Waals surface area contributed by atoms with Crippen LogP contribution >= 0.6 is 11.8 Å². The number of pyridine rings is 1. The maximum atomic E-state index is 12.3. The first kappa shape index (κ1) is 15.6. The van der Waals surface area contributed by atoms with Crippen LogP contribution in [0, 0.1) is 0 Å². The second-order valence-electron chi connectivity index (χ2n) is 5.94. The summed E-state index contributed by atoms with van der Waals surface area (Å²) in [6, 6.07) is 3.52. The molecule has 3 rings (SSSR count). The van der Waals surface area contributed by atoms with Crippen molar-refractivity contribution in [3.05, 3.63) is 34.2 Å². The Morgan fingerprint density at radius 1 is 1.59 bits per heavy atom. The first-order valence-corrected chi connectivity index (χ1v) is 8.45. The van der Waals surface area contributed by atoms with E-state index in [1.807, 2.05) is 16.7 Å². The summed E-state index contributed by atoms with van der Waals surface area (Å²) < 4.78 is 5.25. The number of rotatable bonds is 5. The van der Waals surface area contributed by atoms with Crippen molar-refractivity contribution in [2.24, 2.45) is 0 Å². The normalized spacial score (nSPS) is 22.8. The molecule has 3 heterocycles. The lowest BCUT2D eigenvalue weighted by Crippen LogP contribution is -2.61. The van der Waals surface area contributed by atoms with E-state index in [2.05, 4.69) is 10.3 Å². The summed E-state index contributed by atoms with van der Waals surface area (Å²) in [5.41, 5.74) is 0.232. The van der Waals surface area contributed by atoms with E-state index < -0.39 is 0 Å². The molecular formula is C15H21N3O3S. The van der Waals surface area contributed by atoms with Gasteiger partial charge in [-0.05, 0) is 12.5 Å². The fourth-order valence-electron chi connectivity index (χ4n) is 3.11. The number of ether oxygens (including phenoxy) is 1. The molecular weight excluding hydrogens is 302 g/mol. The van der Waals surface area contributed by atoms with Crippen LogP contribution < -0.4 is 10.9 Å². The maximum absolute atomic E-state index is 12.3. The van der Waals surface area contributed by atoms with E-state index in [9.17, 15) is 9.59 Å². The van der Waals surface area contributed by atoms with Gasteiger partial charge in [-0.2, -0.15) is 0 Å². The van der Waals surface area contributed by atoms with Gasteiger partial charge in [0.05, 0.1) is 11.4 Å². The lowest BCUT2D eigenvalue weighted by atomic mass is 9.91. The van der Waals surface area contributed by atoms with E-state index in [4.69, 9.17) is 4.74 Å². The molecule has 1 aromatic rings. The minimum absolute atomic E-state index is 0.0480. The van der Waals surface area contributed by atoms with Gasteiger partial charge in [0.25, 0.3) is 5.91 Å². The molecule has 1 amide bonds. The molecule has 0 aliphatic carbocycles. The smallest absolute Gasteiger partial charge is 0.254 e. The van der Waals surface area contributed by atoms with Crippen LogP contribution in [0.4, 0.5) is 0 Å². The molecule has 1 spiro atoms. The van der Waals surface area contributed by atoms with Crippen LogP contribution in [0.15, 0.2) is 23.1 Å². The predicted molar refractivity (Wildman–Crippen MR) is 86.4 cm³/mol. The SMILES string of the molecule is COCCNC1CSC2(C1)CN(C(=O)c1cc[nH]c(=O)c1)C2. The second kappa shape index (κ2) is 6.44. The van der Waals surface area contributed by atoms with Gasteiger partial charge in [0, 0.05) is 56.4 Å². The van der Waals surface area contributed by atoms with Gasteiger partial charge in [0.15, 0.2) is 0 Å². The van der Waals surface area contributed by atoms with Gasteiger partial charge in [-0.25, -0.2) is 0 Å². The van der Waals surface area contributed by atoms with Crippen LogP contribution in [0.25, 0.3) is 0 Å². The summed E-state index contributed by atoms with van der Waals surface area (Å²) in [6.45, 7) is 3.13. The molecule has 6 nitrogen and oxygen atoms in total. The molecule has 2 fully saturated rings. The molecule has 1 aromatic heterocycles. The van der Waals surface area contributed by atoms with E-state index >= 15 is 0 Å². The summed E-state index contributed by atoms with van der Waals surface area (Å²) in [5, 5.41) is 3.49. The van der Waals surface area contributed by atoms with Crippen LogP contribution in [0.2, 0.25) is 0 Å². The number of carbonyl (C=O) groups excluding carboxylic acids is 1. The molecule has 0 aromatic carbocycles. The van der Waals surface area contributed by atoms with Crippen molar-refractivity contribution in [1.82, 2.24) is 15.2 Å². The highest BCUT2D eigenvalue weighted by Crippen LogP contribution is 2.45. The summed E-state index contributed by atoms with van der Waals surface area (Å²) in [5.74, 6) is 1.03. The molecule has 2 N–H and O–H groups in total. The number of nitrogens with zero attached hydrogens (tertiary/aromatic N) is 1. The van der Waals surface area contributed by atoms with E-state index in [-0.39, 0.29) is 16.2 Å². The molecule has 0 bridgehead atoms. The minimum atomic E-state index is -0.237. The summed E-state index contributed by atoms with van der Waals surface area (Å²) in [4.78, 5) is 28.0. The van der Waals surface area contributed by atoms with Crippen molar-refractivity contribution in [2.45, 2.75) is 17.2 Å². The van der Waals surface area contributed by atoms with Crippen molar-refractivity contribution < 1.29 is 9.53 Å². The van der Waals surface area contributed by atoms with E-state index in [1.165, 1.54) is 12.3 Å². The number of nitrogens with one attached hydrogen (secondary N) is 2. The Morgan fingerprint density at radius 2 is 2.41 bits per heavy atom. The summed E-state index contributed by atoms with van der Waals surface area (Å²) >= 11 is 1.95. The van der Waals surface area contributed by atoms with Crippen molar-refractivity contribution in [2.75, 3.05) is 39.1 Å². The lowest BCUT2D eigenvalue weighted by molar-refractivity contribution is 0.0551. The van der Waals surface area contributed by atoms with Crippen LogP contribution in [0.5, 0.6) is 0 Å². The highest BCUT2D eigenvalue weighted by molar-refractivity contribution is 8.01. The molecule has 7 heteroatoms. The van der Waals surface area contributed by atoms with Gasteiger partial charge in [-0.1, -0.05) is 0 Å². The van der Waals surface area contributed by atoms with Crippen LogP contribution in [0.1, 0.15) is 16.8 Å². The van der Waals surface area contributed by atoms with Gasteiger partial charge in [-0.3, -0.25) is 9.59 Å². The number of hydrogen-bond acceptors (Lipinski definition) is 5. The van der Waals surface area contributed by atoms with Crippen LogP contribution in [0.3, 0.4) is 0 Å². The number of carbonyl (C=O) groups is 1. The van der Waals surface area contributed by atoms with Crippen molar-refractivity contribution in [1.29, 1.82) is 0 Å². The number of likely N-dealkylation sites (tertiary alicyclic amines) is 1. The molecule has 0 saturated carbocycles. The van der Waals surface area contributed by atoms with Gasteiger partial charge in [0.1, 0.15) is 0 Å². The third kappa shape index (κ3) is 3.21. The number of methoxy groups -OCH3 is 1. The first-order chi connectivity index (χ1) is 10.6. The second-order valence-corrected chi connectivity index (χ2v) is 7.43. The molecule has 22 heavy (non-hydrogen) atoms. The minimum Gasteiger partial charge on any atom is -0.383 e. The topological polar surface area (TPSA) is 74.4 Å². The molecule has 1 atom stereocenters. The Labute approximate surface area is 133 Å². The van der Waals surface area contributed by atoms with Gasteiger partial charge < -0.3 is 19.9 Å². The average molecular weight is 323 g/mol. The fourth-order valence-corrected chi connectivity index (χ4v) is 4.72. The van der Waals surface area contributed by atoms with E-state index in [0.29, 0.717) is 11.6 Å². The van der Waals surface area contributed by atoms with Crippen LogP contribution in [-0.4, -0.2) is 65.7 Å². The maximum Gasteiger partial charge on any atom is 0.254 e. The number of hydrogen-bond donors (Lipinski definition) is 2. The number of aromatic amines is 1. The molecule has 2 aliphatic heterocycles. The van der Waals surface area contributed by atoms with Gasteiger partial charge >= 0.3 is 0 Å². The standard InChI is InChI=1S/C15H21N3O3S/c1-21-5-4-16-12-7-15(22-8-12)9-18(10-15)14(20)11-2-3-17-13(19)6-11/h2-3,6,12,16H,4-5,7-10H2,1H3,(H,17,19). The number of H-pyrrole nitrogens is 1. The average Bonchev–Trinajstić information content (AvgIpc) is 2.90. The summed E-state index contributed by atoms with van der Waals surface area (Å²) in [7, 11) is 1.71. The largest absolute Gasteiger partial charge is 0.383 e. The molecule has 2 saturated heterocycles. The summed E-state index contributed by atoms with van der Waals surface area (Å²) in [6.07, 6.45) is 2.60. The Morgan fingerprint density at radius 3 is 3.14 bits per heavy atom. The van der Waals surface area contributed by atoms with E-state index in [1.54, 1.807) is 13.2 Å². The predicted octanol–water partition coefficient (Wildman–Crippen LogP) is 0.311. The quantitative estimate of drug-likeness (QED) is 0.763. The Kier molecular flexibility index (Phi) is 4.56. The van der Waals surface area contributed by atoms with Crippen molar-refractivity contribution in [3.8, 4) is 0 Å². The van der Waals surface area contributed by atoms with E-state index in [0.717, 1.165) is 38.4 Å². The third-order valence-corrected chi connectivity index (χ3v) is 5.82. The lowest BCUT2D eigenvalue weighted by Gasteiger charge is -2.47. The number of thioether (sulfide) groups is 1. The third-order valence-electron chi connectivity index (χ3n) is 4.22. The fraction of sp³-hybridized carbons (Fsp3) is 0.600. The monoisotopic (exact) mass is 323 g/mol. The Bertz CT molecular complexity index is 598. The number of aromatic nitrogens is 1. The zero-order valence-corrected chi connectivity index (χ0v) is 13.4. The highest BCUT2D eigenvalue weighted by Gasteiger charge is 2.50. The molecule has 0 radical (unpaired) electrons.